The van der Waals surface area contributed by atoms with Gasteiger partial charge in [-0.1, -0.05) is 19.1 Å². The van der Waals surface area contributed by atoms with Crippen LogP contribution in [-0.4, -0.2) is 30.5 Å². The largest absolute Gasteiger partial charge is 0.507 e. The fourth-order valence-electron chi connectivity index (χ4n) is 4.05. The normalized spacial score (nSPS) is 16.6. The van der Waals surface area contributed by atoms with Gasteiger partial charge in [0, 0.05) is 11.3 Å². The number of amides is 1. The molecule has 0 radical (unpaired) electrons. The van der Waals surface area contributed by atoms with Crippen molar-refractivity contribution in [3.8, 4) is 17.6 Å². The molecule has 1 N–H and O–H groups in total. The number of nitriles is 1. The quantitative estimate of drug-likeness (QED) is 0.230. The molecule has 0 aliphatic carbocycles. The minimum absolute atomic E-state index is 0.0383. The summed E-state index contributed by atoms with van der Waals surface area (Å²) in [5.41, 5.74) is 1.79. The third kappa shape index (κ3) is 4.70. The summed E-state index contributed by atoms with van der Waals surface area (Å²) in [6, 6.07) is 19.5. The van der Waals surface area contributed by atoms with Crippen LogP contribution in [0.4, 0.5) is 5.69 Å². The summed E-state index contributed by atoms with van der Waals surface area (Å²) in [6.07, 6.45) is 0.859. The predicted octanol–water partition coefficient (Wildman–Crippen LogP) is 5.74. The number of aliphatic hydroxyl groups excluding tert-OH is 1. The van der Waals surface area contributed by atoms with E-state index >= 15 is 0 Å². The standard InChI is InChI=1S/C28H23BrN2O5/c1-3-14-36-21-11-6-18(7-12-21)25-24(26(32)19-8-13-23(35-2)22(29)15-19)27(33)28(34)31(25)20-9-4-17(16-30)5-10-20/h4-13,15,25,32H,3,14H2,1-2H3/b26-24-. The molecule has 1 aliphatic heterocycles. The minimum atomic E-state index is -0.890. The van der Waals surface area contributed by atoms with Gasteiger partial charge in [-0.3, -0.25) is 14.5 Å². The summed E-state index contributed by atoms with van der Waals surface area (Å²) >= 11 is 3.40. The average molecular weight is 547 g/mol. The molecule has 0 aromatic heterocycles. The van der Waals surface area contributed by atoms with Crippen molar-refractivity contribution >= 4 is 39.1 Å². The molecular formula is C28H23BrN2O5. The number of carbonyl (C=O) groups is 2. The number of Topliss-reactive ketones (excluding diaryl/α,β-unsaturated/α-hetero) is 1. The summed E-state index contributed by atoms with van der Waals surface area (Å²) in [5.74, 6) is -0.659. The Labute approximate surface area is 217 Å². The third-order valence-electron chi connectivity index (χ3n) is 5.81. The van der Waals surface area contributed by atoms with Gasteiger partial charge < -0.3 is 14.6 Å². The molecule has 0 spiro atoms. The number of hydrogen-bond donors (Lipinski definition) is 1. The molecule has 0 saturated carbocycles. The fourth-order valence-corrected chi connectivity index (χ4v) is 4.59. The summed E-state index contributed by atoms with van der Waals surface area (Å²) in [5, 5.41) is 20.5. The molecule has 1 atom stereocenters. The van der Waals surface area contributed by atoms with Crippen LogP contribution in [0.3, 0.4) is 0 Å². The van der Waals surface area contributed by atoms with Crippen LogP contribution < -0.4 is 14.4 Å². The third-order valence-corrected chi connectivity index (χ3v) is 6.43. The van der Waals surface area contributed by atoms with E-state index in [-0.39, 0.29) is 11.3 Å². The van der Waals surface area contributed by atoms with Crippen molar-refractivity contribution in [1.29, 1.82) is 5.26 Å². The summed E-state index contributed by atoms with van der Waals surface area (Å²) < 4.78 is 11.5. The van der Waals surface area contributed by atoms with Gasteiger partial charge in [-0.05, 0) is 82.5 Å². The lowest BCUT2D eigenvalue weighted by Gasteiger charge is -2.25. The minimum Gasteiger partial charge on any atom is -0.507 e. The van der Waals surface area contributed by atoms with Gasteiger partial charge in [0.25, 0.3) is 11.7 Å². The van der Waals surface area contributed by atoms with Crippen molar-refractivity contribution in [3.05, 3.63) is 93.5 Å². The monoisotopic (exact) mass is 546 g/mol. The highest BCUT2D eigenvalue weighted by Gasteiger charge is 2.47. The highest BCUT2D eigenvalue weighted by Crippen LogP contribution is 2.43. The lowest BCUT2D eigenvalue weighted by molar-refractivity contribution is -0.132. The molecule has 1 unspecified atom stereocenters. The van der Waals surface area contributed by atoms with Crippen molar-refractivity contribution in [2.75, 3.05) is 18.6 Å². The van der Waals surface area contributed by atoms with Crippen molar-refractivity contribution < 1.29 is 24.2 Å². The molecule has 1 heterocycles. The second-order valence-corrected chi connectivity index (χ2v) is 8.95. The number of ketones is 1. The van der Waals surface area contributed by atoms with Crippen LogP contribution in [0.25, 0.3) is 5.76 Å². The summed E-state index contributed by atoms with van der Waals surface area (Å²) in [6.45, 7) is 2.58. The van der Waals surface area contributed by atoms with Crippen molar-refractivity contribution in [2.24, 2.45) is 0 Å². The molecule has 3 aromatic carbocycles. The van der Waals surface area contributed by atoms with E-state index in [1.54, 1.807) is 66.7 Å². The van der Waals surface area contributed by atoms with E-state index in [0.29, 0.717) is 45.0 Å². The molecule has 1 fully saturated rings. The zero-order valence-electron chi connectivity index (χ0n) is 19.7. The Balaban J connectivity index is 1.87. The molecule has 36 heavy (non-hydrogen) atoms. The lowest BCUT2D eigenvalue weighted by Crippen LogP contribution is -2.29. The van der Waals surface area contributed by atoms with Gasteiger partial charge in [0.05, 0.1) is 41.4 Å². The second-order valence-electron chi connectivity index (χ2n) is 8.09. The Morgan fingerprint density at radius 2 is 1.78 bits per heavy atom. The first kappa shape index (κ1) is 25.0. The Bertz CT molecular complexity index is 1370. The van der Waals surface area contributed by atoms with Gasteiger partial charge in [-0.15, -0.1) is 0 Å². The van der Waals surface area contributed by atoms with Crippen LogP contribution in [0.5, 0.6) is 11.5 Å². The predicted molar refractivity (Wildman–Crippen MR) is 139 cm³/mol. The van der Waals surface area contributed by atoms with Gasteiger partial charge in [0.2, 0.25) is 0 Å². The van der Waals surface area contributed by atoms with Crippen LogP contribution >= 0.6 is 15.9 Å². The van der Waals surface area contributed by atoms with Crippen molar-refractivity contribution in [3.63, 3.8) is 0 Å². The van der Waals surface area contributed by atoms with Gasteiger partial charge in [0.1, 0.15) is 17.3 Å². The number of halogens is 1. The number of carbonyl (C=O) groups excluding carboxylic acids is 2. The molecule has 0 bridgehead atoms. The number of aliphatic hydroxyl groups is 1. The zero-order chi connectivity index (χ0) is 25.8. The maximum absolute atomic E-state index is 13.3. The smallest absolute Gasteiger partial charge is 0.300 e. The van der Waals surface area contributed by atoms with Gasteiger partial charge in [-0.25, -0.2) is 0 Å². The topological polar surface area (TPSA) is 99.9 Å². The number of rotatable bonds is 7. The highest BCUT2D eigenvalue weighted by molar-refractivity contribution is 9.10. The van der Waals surface area contributed by atoms with Crippen LogP contribution in [0.1, 0.15) is 36.1 Å². The Morgan fingerprint density at radius 3 is 2.36 bits per heavy atom. The van der Waals surface area contributed by atoms with Crippen molar-refractivity contribution in [1.82, 2.24) is 0 Å². The van der Waals surface area contributed by atoms with E-state index in [1.165, 1.54) is 12.0 Å². The van der Waals surface area contributed by atoms with E-state index in [2.05, 4.69) is 15.9 Å². The lowest BCUT2D eigenvalue weighted by atomic mass is 9.95. The average Bonchev–Trinajstić information content (AvgIpc) is 3.17. The summed E-state index contributed by atoms with van der Waals surface area (Å²) in [7, 11) is 1.52. The van der Waals surface area contributed by atoms with Gasteiger partial charge in [0.15, 0.2) is 0 Å². The second kappa shape index (κ2) is 10.7. The Morgan fingerprint density at radius 1 is 1.08 bits per heavy atom. The molecule has 1 amide bonds. The number of nitrogens with zero attached hydrogens (tertiary/aromatic N) is 2. The number of anilines is 1. The van der Waals surface area contributed by atoms with E-state index < -0.39 is 17.7 Å². The van der Waals surface area contributed by atoms with Crippen LogP contribution in [0, 0.1) is 11.3 Å². The first-order valence-corrected chi connectivity index (χ1v) is 12.1. The number of hydrogen-bond acceptors (Lipinski definition) is 6. The molecule has 3 aromatic rings. The van der Waals surface area contributed by atoms with E-state index in [0.717, 1.165) is 6.42 Å². The van der Waals surface area contributed by atoms with Crippen molar-refractivity contribution in [2.45, 2.75) is 19.4 Å². The molecular weight excluding hydrogens is 524 g/mol. The molecule has 1 saturated heterocycles. The van der Waals surface area contributed by atoms with Gasteiger partial charge >= 0.3 is 0 Å². The molecule has 1 aliphatic rings. The molecule has 8 heteroatoms. The highest BCUT2D eigenvalue weighted by atomic mass is 79.9. The Hall–Kier alpha value is -4.09. The van der Waals surface area contributed by atoms with Crippen LogP contribution in [0.2, 0.25) is 0 Å². The summed E-state index contributed by atoms with van der Waals surface area (Å²) in [4.78, 5) is 27.9. The van der Waals surface area contributed by atoms with E-state index in [4.69, 9.17) is 14.7 Å². The molecule has 7 nitrogen and oxygen atoms in total. The fraction of sp³-hybridized carbons (Fsp3) is 0.179. The van der Waals surface area contributed by atoms with Crippen LogP contribution in [-0.2, 0) is 9.59 Å². The number of benzene rings is 3. The molecule has 4 rings (SSSR count). The number of methoxy groups -OCH3 is 1. The van der Waals surface area contributed by atoms with Gasteiger partial charge in [-0.2, -0.15) is 5.26 Å². The maximum atomic E-state index is 13.3. The number of ether oxygens (including phenoxy) is 2. The SMILES string of the molecule is CCCOc1ccc(C2/C(=C(/O)c3ccc(OC)c(Br)c3)C(=O)C(=O)N2c2ccc(C#N)cc2)cc1. The Kier molecular flexibility index (Phi) is 7.41. The van der Waals surface area contributed by atoms with E-state index in [9.17, 15) is 14.7 Å². The van der Waals surface area contributed by atoms with Crippen LogP contribution in [0.15, 0.2) is 76.8 Å². The zero-order valence-corrected chi connectivity index (χ0v) is 21.3. The molecule has 182 valence electrons. The first-order chi connectivity index (χ1) is 17.4. The maximum Gasteiger partial charge on any atom is 0.300 e. The first-order valence-electron chi connectivity index (χ1n) is 11.3. The van der Waals surface area contributed by atoms with E-state index in [1.807, 2.05) is 13.0 Å².